The van der Waals surface area contributed by atoms with E-state index in [1.165, 1.54) is 4.90 Å². The average molecular weight is 607 g/mol. The van der Waals surface area contributed by atoms with Crippen molar-refractivity contribution in [2.75, 3.05) is 17.1 Å². The van der Waals surface area contributed by atoms with Gasteiger partial charge in [-0.15, -0.1) is 0 Å². The Morgan fingerprint density at radius 3 is 2.29 bits per heavy atom. The molecule has 1 unspecified atom stereocenters. The topological polar surface area (TPSA) is 86.8 Å². The molecule has 7 nitrogen and oxygen atoms in total. The molecule has 2 amide bonds. The molecule has 0 aliphatic heterocycles. The van der Waals surface area contributed by atoms with Gasteiger partial charge in [0, 0.05) is 26.6 Å². The second-order valence-corrected chi connectivity index (χ2v) is 12.8. The first-order valence-electron chi connectivity index (χ1n) is 10.9. The third-order valence-electron chi connectivity index (χ3n) is 5.02. The molecule has 2 aromatic rings. The van der Waals surface area contributed by atoms with Gasteiger partial charge in [-0.25, -0.2) is 8.42 Å². The maximum absolute atomic E-state index is 13.7. The normalized spacial score (nSPS) is 12.7. The van der Waals surface area contributed by atoms with Gasteiger partial charge in [-0.3, -0.25) is 13.9 Å². The van der Waals surface area contributed by atoms with Gasteiger partial charge in [0.05, 0.1) is 11.9 Å². The molecule has 2 aromatic carbocycles. The molecule has 11 heteroatoms. The lowest BCUT2D eigenvalue weighted by atomic mass is 10.1. The zero-order chi connectivity index (χ0) is 26.6. The molecule has 0 spiro atoms. The van der Waals surface area contributed by atoms with Gasteiger partial charge in [-0.1, -0.05) is 58.2 Å². The van der Waals surface area contributed by atoms with Crippen LogP contribution in [0.15, 0.2) is 46.9 Å². The van der Waals surface area contributed by atoms with Crippen LogP contribution in [0.3, 0.4) is 0 Å². The fourth-order valence-corrected chi connectivity index (χ4v) is 5.15. The summed E-state index contributed by atoms with van der Waals surface area (Å²) in [7, 11) is -3.81. The molecule has 0 aliphatic rings. The predicted molar refractivity (Wildman–Crippen MR) is 145 cm³/mol. The largest absolute Gasteiger partial charge is 0.350 e. The van der Waals surface area contributed by atoms with E-state index < -0.39 is 34.1 Å². The van der Waals surface area contributed by atoms with Gasteiger partial charge in [0.2, 0.25) is 21.8 Å². The van der Waals surface area contributed by atoms with Crippen molar-refractivity contribution in [1.29, 1.82) is 0 Å². The summed E-state index contributed by atoms with van der Waals surface area (Å²) in [5, 5.41) is 3.69. The molecule has 0 aromatic heterocycles. The van der Waals surface area contributed by atoms with Crippen LogP contribution in [0.1, 0.15) is 39.7 Å². The Morgan fingerprint density at radius 2 is 1.77 bits per heavy atom. The molecule has 192 valence electrons. The summed E-state index contributed by atoms with van der Waals surface area (Å²) >= 11 is 15.7. The summed E-state index contributed by atoms with van der Waals surface area (Å²) in [4.78, 5) is 28.2. The number of carbonyl (C=O) groups excluding carboxylic acids is 2. The van der Waals surface area contributed by atoms with E-state index in [1.807, 2.05) is 20.8 Å². The maximum atomic E-state index is 13.7. The lowest BCUT2D eigenvalue weighted by Crippen LogP contribution is -2.55. The molecular weight excluding hydrogens is 577 g/mol. The van der Waals surface area contributed by atoms with Crippen LogP contribution in [-0.2, 0) is 26.2 Å². The van der Waals surface area contributed by atoms with Gasteiger partial charge in [0.1, 0.15) is 12.6 Å². The molecule has 1 atom stereocenters. The standard InChI is InChI=1S/C24H30BrCl2N3O4S/c1-6-21(23(32)28-24(2,3)4)29(14-16-10-11-18(26)13-20(16)27)22(31)15-30(35(5,33)34)19-9-7-8-17(25)12-19/h7-13,21H,6,14-15H2,1-5H3,(H,28,32). The van der Waals surface area contributed by atoms with Crippen LogP contribution in [0.4, 0.5) is 5.69 Å². The van der Waals surface area contributed by atoms with Gasteiger partial charge >= 0.3 is 0 Å². The average Bonchev–Trinajstić information content (AvgIpc) is 2.71. The molecule has 0 heterocycles. The monoisotopic (exact) mass is 605 g/mol. The molecule has 1 N–H and O–H groups in total. The van der Waals surface area contributed by atoms with Crippen molar-refractivity contribution in [3.05, 3.63) is 62.5 Å². The van der Waals surface area contributed by atoms with E-state index in [1.54, 1.807) is 49.4 Å². The molecule has 0 saturated heterocycles. The molecule has 0 radical (unpaired) electrons. The van der Waals surface area contributed by atoms with Crippen molar-refractivity contribution in [2.24, 2.45) is 0 Å². The highest BCUT2D eigenvalue weighted by Crippen LogP contribution is 2.26. The van der Waals surface area contributed by atoms with E-state index in [9.17, 15) is 18.0 Å². The summed E-state index contributed by atoms with van der Waals surface area (Å²) in [5.41, 5.74) is 0.387. The fourth-order valence-electron chi connectivity index (χ4n) is 3.45. The minimum absolute atomic E-state index is 0.000983. The first-order chi connectivity index (χ1) is 16.1. The summed E-state index contributed by atoms with van der Waals surface area (Å²) in [6.45, 7) is 6.84. The first kappa shape index (κ1) is 29.4. The molecule has 0 fully saturated rings. The van der Waals surface area contributed by atoms with Gasteiger partial charge < -0.3 is 10.2 Å². The number of halogens is 3. The minimum atomic E-state index is -3.81. The van der Waals surface area contributed by atoms with Crippen LogP contribution in [0.25, 0.3) is 0 Å². The first-order valence-corrected chi connectivity index (χ1v) is 14.3. The highest BCUT2D eigenvalue weighted by Gasteiger charge is 2.33. The Bertz CT molecular complexity index is 1190. The zero-order valence-electron chi connectivity index (χ0n) is 20.3. The lowest BCUT2D eigenvalue weighted by molar-refractivity contribution is -0.141. The van der Waals surface area contributed by atoms with Crippen molar-refractivity contribution < 1.29 is 18.0 Å². The van der Waals surface area contributed by atoms with Crippen molar-refractivity contribution in [3.8, 4) is 0 Å². The van der Waals surface area contributed by atoms with Crippen LogP contribution in [0.2, 0.25) is 10.0 Å². The fraction of sp³-hybridized carbons (Fsp3) is 0.417. The van der Waals surface area contributed by atoms with Gasteiger partial charge in [-0.05, 0) is 63.1 Å². The molecule has 35 heavy (non-hydrogen) atoms. The number of carbonyl (C=O) groups is 2. The minimum Gasteiger partial charge on any atom is -0.350 e. The Morgan fingerprint density at radius 1 is 1.11 bits per heavy atom. The summed E-state index contributed by atoms with van der Waals surface area (Å²) in [6, 6.07) is 10.7. The number of rotatable bonds is 9. The lowest BCUT2D eigenvalue weighted by Gasteiger charge is -2.34. The van der Waals surface area contributed by atoms with Crippen LogP contribution < -0.4 is 9.62 Å². The van der Waals surface area contributed by atoms with E-state index in [0.29, 0.717) is 32.2 Å². The summed E-state index contributed by atoms with van der Waals surface area (Å²) < 4.78 is 27.0. The summed E-state index contributed by atoms with van der Waals surface area (Å²) in [6.07, 6.45) is 1.35. The number of nitrogens with zero attached hydrogens (tertiary/aromatic N) is 2. The Hall–Kier alpha value is -1.81. The predicted octanol–water partition coefficient (Wildman–Crippen LogP) is 5.24. The third-order valence-corrected chi connectivity index (χ3v) is 7.24. The molecule has 2 rings (SSSR count). The van der Waals surface area contributed by atoms with Crippen molar-refractivity contribution >= 4 is 66.7 Å². The molecular formula is C24H30BrCl2N3O4S. The Balaban J connectivity index is 2.50. The zero-order valence-corrected chi connectivity index (χ0v) is 24.2. The van der Waals surface area contributed by atoms with E-state index in [-0.39, 0.29) is 12.5 Å². The molecule has 0 saturated carbocycles. The van der Waals surface area contributed by atoms with Crippen molar-refractivity contribution in [1.82, 2.24) is 10.2 Å². The number of amides is 2. The Kier molecular flexibility index (Phi) is 10.0. The number of sulfonamides is 1. The molecule has 0 bridgehead atoms. The molecule has 0 aliphatic carbocycles. The maximum Gasteiger partial charge on any atom is 0.244 e. The number of benzene rings is 2. The van der Waals surface area contributed by atoms with Gasteiger partial charge in [-0.2, -0.15) is 0 Å². The highest BCUT2D eigenvalue weighted by molar-refractivity contribution is 9.10. The number of hydrogen-bond donors (Lipinski definition) is 1. The second-order valence-electron chi connectivity index (χ2n) is 9.17. The van der Waals surface area contributed by atoms with E-state index in [2.05, 4.69) is 21.2 Å². The van der Waals surface area contributed by atoms with Gasteiger partial charge in [0.15, 0.2) is 0 Å². The number of anilines is 1. The SMILES string of the molecule is CCC(C(=O)NC(C)(C)C)N(Cc1ccc(Cl)cc1Cl)C(=O)CN(c1cccc(Br)c1)S(C)(=O)=O. The van der Waals surface area contributed by atoms with Gasteiger partial charge in [0.25, 0.3) is 0 Å². The van der Waals surface area contributed by atoms with E-state index >= 15 is 0 Å². The van der Waals surface area contributed by atoms with Crippen molar-refractivity contribution in [3.63, 3.8) is 0 Å². The smallest absolute Gasteiger partial charge is 0.244 e. The van der Waals surface area contributed by atoms with Crippen LogP contribution in [-0.4, -0.2) is 49.5 Å². The van der Waals surface area contributed by atoms with Crippen LogP contribution in [0.5, 0.6) is 0 Å². The second kappa shape index (κ2) is 12.0. The summed E-state index contributed by atoms with van der Waals surface area (Å²) in [5.74, 6) is -0.885. The number of nitrogens with one attached hydrogen (secondary N) is 1. The van der Waals surface area contributed by atoms with E-state index in [0.717, 1.165) is 10.6 Å². The van der Waals surface area contributed by atoms with Crippen molar-refractivity contribution in [2.45, 2.75) is 52.2 Å². The van der Waals surface area contributed by atoms with Crippen LogP contribution in [0, 0.1) is 0 Å². The quantitative estimate of drug-likeness (QED) is 0.423. The highest BCUT2D eigenvalue weighted by atomic mass is 79.9. The Labute approximate surface area is 225 Å². The van der Waals surface area contributed by atoms with Crippen LogP contribution >= 0.6 is 39.1 Å². The third kappa shape index (κ3) is 8.66. The number of hydrogen-bond acceptors (Lipinski definition) is 4. The van der Waals surface area contributed by atoms with E-state index in [4.69, 9.17) is 23.2 Å².